The lowest BCUT2D eigenvalue weighted by Crippen LogP contribution is -2.23. The van der Waals surface area contributed by atoms with Gasteiger partial charge in [-0.1, -0.05) is 18.1 Å². The Morgan fingerprint density at radius 2 is 2.00 bits per heavy atom. The van der Waals surface area contributed by atoms with Crippen LogP contribution in [-0.4, -0.2) is 29.8 Å². The number of amides is 1. The fourth-order valence-electron chi connectivity index (χ4n) is 2.95. The lowest BCUT2D eigenvalue weighted by Gasteiger charge is -2.13. The van der Waals surface area contributed by atoms with E-state index in [1.54, 1.807) is 24.4 Å². The van der Waals surface area contributed by atoms with Crippen molar-refractivity contribution in [3.05, 3.63) is 64.7 Å². The normalized spacial score (nSPS) is 10.6. The second kappa shape index (κ2) is 10.5. The molecule has 0 fully saturated rings. The minimum absolute atomic E-state index is 0.235. The third kappa shape index (κ3) is 5.53. The van der Waals surface area contributed by atoms with E-state index >= 15 is 0 Å². The number of hydrogen-bond acceptors (Lipinski definition) is 7. The number of ether oxygens (including phenoxy) is 3. The maximum Gasteiger partial charge on any atom is 0.251 e. The van der Waals surface area contributed by atoms with Crippen LogP contribution in [0.25, 0.3) is 0 Å². The van der Waals surface area contributed by atoms with Crippen LogP contribution in [0.5, 0.6) is 17.4 Å². The summed E-state index contributed by atoms with van der Waals surface area (Å²) >= 11 is 0. The predicted octanol–water partition coefficient (Wildman–Crippen LogP) is 3.99. The van der Waals surface area contributed by atoms with E-state index < -0.39 is 0 Å². The summed E-state index contributed by atoms with van der Waals surface area (Å²) in [4.78, 5) is 16.9. The van der Waals surface area contributed by atoms with Gasteiger partial charge in [-0.15, -0.1) is 0 Å². The third-order valence-corrected chi connectivity index (χ3v) is 4.71. The Balaban J connectivity index is 1.66. The van der Waals surface area contributed by atoms with E-state index in [-0.39, 0.29) is 5.91 Å². The molecule has 0 saturated carbocycles. The minimum Gasteiger partial charge on any atom is -0.493 e. The van der Waals surface area contributed by atoms with E-state index in [0.717, 1.165) is 23.2 Å². The quantitative estimate of drug-likeness (QED) is 0.525. The molecule has 2 aromatic heterocycles. The highest BCUT2D eigenvalue weighted by Crippen LogP contribution is 2.29. The summed E-state index contributed by atoms with van der Waals surface area (Å²) < 4.78 is 22.1. The number of aryl methyl sites for hydroxylation is 2. The molecule has 1 aromatic carbocycles. The van der Waals surface area contributed by atoms with Gasteiger partial charge in [0, 0.05) is 23.9 Å². The van der Waals surface area contributed by atoms with Gasteiger partial charge in [0.05, 0.1) is 25.0 Å². The van der Waals surface area contributed by atoms with Crippen LogP contribution in [-0.2, 0) is 13.2 Å². The Kier molecular flexibility index (Phi) is 7.48. The number of carbonyl (C=O) groups is 1. The number of methoxy groups -OCH3 is 1. The van der Waals surface area contributed by atoms with Gasteiger partial charge < -0.3 is 24.1 Å². The van der Waals surface area contributed by atoms with Crippen LogP contribution in [0.15, 0.2) is 41.1 Å². The van der Waals surface area contributed by atoms with Crippen LogP contribution in [0.4, 0.5) is 0 Å². The van der Waals surface area contributed by atoms with Gasteiger partial charge in [-0.3, -0.25) is 4.79 Å². The van der Waals surface area contributed by atoms with Crippen LogP contribution < -0.4 is 19.5 Å². The van der Waals surface area contributed by atoms with Crippen molar-refractivity contribution in [2.24, 2.45) is 0 Å². The highest BCUT2D eigenvalue weighted by molar-refractivity contribution is 5.94. The first kappa shape index (κ1) is 22.1. The summed E-state index contributed by atoms with van der Waals surface area (Å²) in [6.07, 6.45) is 2.55. The van der Waals surface area contributed by atoms with Crippen molar-refractivity contribution in [1.82, 2.24) is 15.5 Å². The Morgan fingerprint density at radius 3 is 2.71 bits per heavy atom. The summed E-state index contributed by atoms with van der Waals surface area (Å²) in [7, 11) is 1.53. The zero-order chi connectivity index (χ0) is 22.2. The van der Waals surface area contributed by atoms with Crippen molar-refractivity contribution < 1.29 is 23.5 Å². The van der Waals surface area contributed by atoms with Crippen LogP contribution >= 0.6 is 0 Å². The van der Waals surface area contributed by atoms with Crippen LogP contribution in [0.3, 0.4) is 0 Å². The summed E-state index contributed by atoms with van der Waals surface area (Å²) in [6.45, 7) is 6.90. The predicted molar refractivity (Wildman–Crippen MR) is 114 cm³/mol. The third-order valence-electron chi connectivity index (χ3n) is 4.71. The molecule has 0 spiro atoms. The maximum atomic E-state index is 12.7. The van der Waals surface area contributed by atoms with Crippen molar-refractivity contribution in [3.8, 4) is 17.4 Å². The van der Waals surface area contributed by atoms with Crippen LogP contribution in [0.2, 0.25) is 0 Å². The van der Waals surface area contributed by atoms with Gasteiger partial charge in [0.25, 0.3) is 5.91 Å². The zero-order valence-corrected chi connectivity index (χ0v) is 18.2. The number of benzene rings is 1. The Morgan fingerprint density at radius 1 is 1.16 bits per heavy atom. The summed E-state index contributed by atoms with van der Waals surface area (Å²) in [6, 6.07) is 8.75. The van der Waals surface area contributed by atoms with Gasteiger partial charge in [-0.25, -0.2) is 4.98 Å². The van der Waals surface area contributed by atoms with Gasteiger partial charge in [-0.2, -0.15) is 0 Å². The molecule has 8 heteroatoms. The molecule has 3 aromatic rings. The molecule has 0 bridgehead atoms. The first-order valence-electron chi connectivity index (χ1n) is 10.1. The summed E-state index contributed by atoms with van der Waals surface area (Å²) in [5, 5.41) is 6.82. The van der Waals surface area contributed by atoms with Gasteiger partial charge >= 0.3 is 0 Å². The highest BCUT2D eigenvalue weighted by atomic mass is 16.5. The van der Waals surface area contributed by atoms with E-state index in [9.17, 15) is 4.79 Å². The fourth-order valence-corrected chi connectivity index (χ4v) is 2.95. The Labute approximate surface area is 181 Å². The maximum absolute atomic E-state index is 12.7. The summed E-state index contributed by atoms with van der Waals surface area (Å²) in [5.41, 5.74) is 2.95. The fraction of sp³-hybridized carbons (Fsp3) is 0.348. The van der Waals surface area contributed by atoms with Crippen LogP contribution in [0.1, 0.15) is 46.3 Å². The number of nitrogens with one attached hydrogen (secondary N) is 1. The molecule has 0 radical (unpaired) electrons. The van der Waals surface area contributed by atoms with E-state index in [1.165, 1.54) is 7.11 Å². The van der Waals surface area contributed by atoms with E-state index in [0.29, 0.717) is 48.5 Å². The lowest BCUT2D eigenvalue weighted by molar-refractivity contribution is 0.0950. The van der Waals surface area contributed by atoms with E-state index in [2.05, 4.69) is 15.5 Å². The molecule has 164 valence electrons. The molecule has 0 aliphatic heterocycles. The number of carbonyl (C=O) groups excluding carboxylic acids is 1. The minimum atomic E-state index is -0.235. The van der Waals surface area contributed by atoms with E-state index in [1.807, 2.05) is 32.9 Å². The Hall–Kier alpha value is -3.55. The molecule has 0 saturated heterocycles. The van der Waals surface area contributed by atoms with Crippen molar-refractivity contribution in [2.45, 2.75) is 40.3 Å². The van der Waals surface area contributed by atoms with Gasteiger partial charge in [0.1, 0.15) is 12.4 Å². The largest absolute Gasteiger partial charge is 0.493 e. The molecule has 0 atom stereocenters. The molecular weight excluding hydrogens is 398 g/mol. The first-order chi connectivity index (χ1) is 15.0. The average Bonchev–Trinajstić information content (AvgIpc) is 3.12. The topological polar surface area (TPSA) is 95.7 Å². The Bertz CT molecular complexity index is 1010. The van der Waals surface area contributed by atoms with Crippen LogP contribution in [0, 0.1) is 13.8 Å². The highest BCUT2D eigenvalue weighted by Gasteiger charge is 2.15. The van der Waals surface area contributed by atoms with Crippen molar-refractivity contribution in [1.29, 1.82) is 0 Å². The molecule has 0 aliphatic carbocycles. The average molecular weight is 425 g/mol. The van der Waals surface area contributed by atoms with Crippen molar-refractivity contribution in [3.63, 3.8) is 0 Å². The van der Waals surface area contributed by atoms with Gasteiger partial charge in [-0.05, 0) is 44.5 Å². The monoisotopic (exact) mass is 425 g/mol. The van der Waals surface area contributed by atoms with Crippen molar-refractivity contribution >= 4 is 5.91 Å². The van der Waals surface area contributed by atoms with Gasteiger partial charge in [0.15, 0.2) is 11.5 Å². The number of nitrogens with zero attached hydrogens (tertiary/aromatic N) is 2. The molecule has 3 rings (SSSR count). The number of rotatable bonds is 10. The molecule has 0 unspecified atom stereocenters. The first-order valence-corrected chi connectivity index (χ1v) is 10.1. The molecule has 0 aliphatic rings. The van der Waals surface area contributed by atoms with E-state index in [4.69, 9.17) is 18.7 Å². The smallest absolute Gasteiger partial charge is 0.251 e. The second-order valence-corrected chi connectivity index (χ2v) is 6.96. The number of pyridine rings is 1. The van der Waals surface area contributed by atoms with Crippen molar-refractivity contribution in [2.75, 3.05) is 13.7 Å². The molecule has 1 N–H and O–H groups in total. The molecule has 8 nitrogen and oxygen atoms in total. The lowest BCUT2D eigenvalue weighted by atomic mass is 10.1. The number of hydrogen-bond donors (Lipinski definition) is 1. The molecule has 1 amide bonds. The molecule has 2 heterocycles. The SMILES string of the molecule is CCCOc1ncccc1CNC(=O)c1ccc(OCc2c(C)noc2C)c(OC)c1. The summed E-state index contributed by atoms with van der Waals surface area (Å²) in [5.74, 6) is 2.01. The standard InChI is InChI=1S/C23H27N3O5/c1-5-11-29-23-18(7-6-10-24-23)13-25-22(27)17-8-9-20(21(12-17)28-4)30-14-19-15(2)26-31-16(19)3/h6-10,12H,5,11,13-14H2,1-4H3,(H,25,27). The van der Waals surface area contributed by atoms with Gasteiger partial charge in [0.2, 0.25) is 5.88 Å². The zero-order valence-electron chi connectivity index (χ0n) is 18.2. The molecular formula is C23H27N3O5. The molecule has 31 heavy (non-hydrogen) atoms. The number of aromatic nitrogens is 2. The second-order valence-electron chi connectivity index (χ2n) is 6.96.